The third-order valence-electron chi connectivity index (χ3n) is 4.15. The number of carbonyl (C=O) groups is 1. The molecule has 0 saturated carbocycles. The van der Waals surface area contributed by atoms with Gasteiger partial charge in [0.2, 0.25) is 0 Å². The van der Waals surface area contributed by atoms with Gasteiger partial charge >= 0.3 is 0 Å². The van der Waals surface area contributed by atoms with E-state index < -0.39 is 0 Å². The Morgan fingerprint density at radius 2 is 2.00 bits per heavy atom. The number of anilines is 1. The Morgan fingerprint density at radius 1 is 1.19 bits per heavy atom. The smallest absolute Gasteiger partial charge is 0.271 e. The third-order valence-corrected chi connectivity index (χ3v) is 4.15. The first-order valence-corrected chi connectivity index (χ1v) is 8.99. The average Bonchev–Trinajstić information content (AvgIpc) is 3.24. The number of nitrogens with one attached hydrogen (secondary N) is 2. The number of nitrogens with zero attached hydrogens (tertiary/aromatic N) is 2. The van der Waals surface area contributed by atoms with E-state index in [4.69, 9.17) is 14.2 Å². The van der Waals surface area contributed by atoms with Crippen LogP contribution in [-0.4, -0.2) is 55.6 Å². The molecule has 0 aliphatic carbocycles. The highest BCUT2D eigenvalue weighted by molar-refractivity contribution is 5.92. The van der Waals surface area contributed by atoms with Gasteiger partial charge in [0.1, 0.15) is 23.9 Å². The molecule has 1 aromatic carbocycles. The minimum atomic E-state index is -0.243. The van der Waals surface area contributed by atoms with Crippen molar-refractivity contribution < 1.29 is 19.0 Å². The minimum Gasteiger partial charge on any atom is -0.497 e. The fraction of sp³-hybridized carbons (Fsp3) is 0.421. The van der Waals surface area contributed by atoms with Crippen molar-refractivity contribution in [3.05, 3.63) is 42.1 Å². The van der Waals surface area contributed by atoms with E-state index in [0.29, 0.717) is 25.5 Å². The maximum Gasteiger partial charge on any atom is 0.271 e. The summed E-state index contributed by atoms with van der Waals surface area (Å²) >= 11 is 0. The predicted octanol–water partition coefficient (Wildman–Crippen LogP) is 1.88. The molecule has 3 rings (SSSR count). The summed E-state index contributed by atoms with van der Waals surface area (Å²) in [6.07, 6.45) is 2.13. The van der Waals surface area contributed by atoms with Crippen LogP contribution < -0.4 is 20.1 Å². The Labute approximate surface area is 158 Å². The quantitative estimate of drug-likeness (QED) is 0.649. The molecule has 8 heteroatoms. The summed E-state index contributed by atoms with van der Waals surface area (Å²) in [6, 6.07) is 10.8. The topological polar surface area (TPSA) is 94.6 Å². The van der Waals surface area contributed by atoms with E-state index in [1.807, 2.05) is 24.3 Å². The summed E-state index contributed by atoms with van der Waals surface area (Å²) in [6.45, 7) is 2.30. The second-order valence-electron chi connectivity index (χ2n) is 6.10. The van der Waals surface area contributed by atoms with E-state index in [-0.39, 0.29) is 17.7 Å². The molecule has 144 valence electrons. The molecule has 1 aliphatic rings. The van der Waals surface area contributed by atoms with Crippen molar-refractivity contribution in [1.29, 1.82) is 0 Å². The monoisotopic (exact) mass is 372 g/mol. The molecule has 0 radical (unpaired) electrons. The van der Waals surface area contributed by atoms with Crippen molar-refractivity contribution in [2.24, 2.45) is 0 Å². The minimum absolute atomic E-state index is 0.105. The largest absolute Gasteiger partial charge is 0.497 e. The van der Waals surface area contributed by atoms with Crippen molar-refractivity contribution in [1.82, 2.24) is 15.5 Å². The number of hydrogen-bond donors (Lipinski definition) is 2. The molecule has 2 heterocycles. The zero-order chi connectivity index (χ0) is 18.9. The van der Waals surface area contributed by atoms with Crippen molar-refractivity contribution in [2.75, 3.05) is 38.7 Å². The molecule has 1 aliphatic heterocycles. The first-order valence-electron chi connectivity index (χ1n) is 8.99. The van der Waals surface area contributed by atoms with Crippen LogP contribution in [0.1, 0.15) is 23.3 Å². The van der Waals surface area contributed by atoms with Crippen LogP contribution in [0.3, 0.4) is 0 Å². The molecule has 2 aromatic rings. The second-order valence-corrected chi connectivity index (χ2v) is 6.10. The molecule has 27 heavy (non-hydrogen) atoms. The van der Waals surface area contributed by atoms with Gasteiger partial charge in [0.25, 0.3) is 5.91 Å². The van der Waals surface area contributed by atoms with Gasteiger partial charge in [-0.05, 0) is 49.2 Å². The Bertz CT molecular complexity index is 715. The molecular weight excluding hydrogens is 348 g/mol. The zero-order valence-electron chi connectivity index (χ0n) is 15.3. The van der Waals surface area contributed by atoms with Crippen molar-refractivity contribution in [3.63, 3.8) is 0 Å². The van der Waals surface area contributed by atoms with E-state index in [1.165, 1.54) is 0 Å². The summed E-state index contributed by atoms with van der Waals surface area (Å²) in [7, 11) is 1.62. The lowest BCUT2D eigenvalue weighted by molar-refractivity contribution is 0.0853. The summed E-state index contributed by atoms with van der Waals surface area (Å²) < 4.78 is 16.2. The number of hydrogen-bond acceptors (Lipinski definition) is 7. The third kappa shape index (κ3) is 5.82. The van der Waals surface area contributed by atoms with Gasteiger partial charge in [-0.25, -0.2) is 0 Å². The van der Waals surface area contributed by atoms with Crippen LogP contribution in [0.25, 0.3) is 0 Å². The van der Waals surface area contributed by atoms with Crippen LogP contribution in [0.15, 0.2) is 36.4 Å². The van der Waals surface area contributed by atoms with E-state index in [1.54, 1.807) is 19.2 Å². The number of benzene rings is 1. The van der Waals surface area contributed by atoms with E-state index in [0.717, 1.165) is 30.9 Å². The number of aromatic nitrogens is 2. The average molecular weight is 372 g/mol. The number of carbonyl (C=O) groups excluding carboxylic acids is 1. The molecule has 1 fully saturated rings. The number of amides is 1. The first kappa shape index (κ1) is 18.9. The predicted molar refractivity (Wildman–Crippen MR) is 100 cm³/mol. The van der Waals surface area contributed by atoms with Gasteiger partial charge in [-0.15, -0.1) is 10.2 Å². The molecule has 1 unspecified atom stereocenters. The molecule has 1 amide bonds. The van der Waals surface area contributed by atoms with E-state index in [9.17, 15) is 4.79 Å². The van der Waals surface area contributed by atoms with Crippen LogP contribution in [0.5, 0.6) is 11.5 Å². The summed E-state index contributed by atoms with van der Waals surface area (Å²) in [4.78, 5) is 12.1. The van der Waals surface area contributed by atoms with E-state index >= 15 is 0 Å². The van der Waals surface area contributed by atoms with Crippen LogP contribution in [-0.2, 0) is 4.74 Å². The lowest BCUT2D eigenvalue weighted by atomic mass is 10.2. The summed E-state index contributed by atoms with van der Waals surface area (Å²) in [5.41, 5.74) is 0.285. The summed E-state index contributed by atoms with van der Waals surface area (Å²) in [5.74, 6) is 1.90. The lowest BCUT2D eigenvalue weighted by Crippen LogP contribution is -2.32. The van der Waals surface area contributed by atoms with E-state index in [2.05, 4.69) is 20.8 Å². The van der Waals surface area contributed by atoms with Crippen molar-refractivity contribution in [3.8, 4) is 11.5 Å². The van der Waals surface area contributed by atoms with Gasteiger partial charge in [-0.3, -0.25) is 4.79 Å². The lowest BCUT2D eigenvalue weighted by Gasteiger charge is -2.10. The normalized spacial score (nSPS) is 16.0. The van der Waals surface area contributed by atoms with Gasteiger partial charge < -0.3 is 24.8 Å². The molecule has 1 saturated heterocycles. The maximum absolute atomic E-state index is 12.1. The first-order chi connectivity index (χ1) is 13.2. The van der Waals surface area contributed by atoms with Crippen LogP contribution >= 0.6 is 0 Å². The Morgan fingerprint density at radius 3 is 2.67 bits per heavy atom. The van der Waals surface area contributed by atoms with Gasteiger partial charge in [0, 0.05) is 13.2 Å². The Hall–Kier alpha value is -2.87. The van der Waals surface area contributed by atoms with Gasteiger partial charge in [-0.1, -0.05) is 0 Å². The Kier molecular flexibility index (Phi) is 6.81. The molecule has 2 N–H and O–H groups in total. The van der Waals surface area contributed by atoms with Crippen LogP contribution in [0.2, 0.25) is 0 Å². The summed E-state index contributed by atoms with van der Waals surface area (Å²) in [5, 5.41) is 13.9. The highest BCUT2D eigenvalue weighted by Crippen LogP contribution is 2.16. The molecular formula is C19H24N4O4. The fourth-order valence-electron chi connectivity index (χ4n) is 2.67. The molecule has 1 aromatic heterocycles. The molecule has 1 atom stereocenters. The second kappa shape index (κ2) is 9.72. The van der Waals surface area contributed by atoms with Gasteiger partial charge in [0.15, 0.2) is 5.69 Å². The Balaban J connectivity index is 1.37. The SMILES string of the molecule is COc1ccc(OCCNc2ccc(C(=O)NCC3CCCO3)nn2)cc1. The number of rotatable bonds is 9. The zero-order valence-corrected chi connectivity index (χ0v) is 15.3. The van der Waals surface area contributed by atoms with Crippen molar-refractivity contribution >= 4 is 11.7 Å². The van der Waals surface area contributed by atoms with Crippen LogP contribution in [0, 0.1) is 0 Å². The highest BCUT2D eigenvalue weighted by atomic mass is 16.5. The standard InChI is InChI=1S/C19H24N4O4/c1-25-14-4-6-15(7-5-14)27-12-10-20-18-9-8-17(22-23-18)19(24)21-13-16-3-2-11-26-16/h4-9,16H,2-3,10-13H2,1H3,(H,20,23)(H,21,24). The number of ether oxygens (including phenoxy) is 3. The maximum atomic E-state index is 12.1. The van der Waals surface area contributed by atoms with Gasteiger partial charge in [0.05, 0.1) is 19.8 Å². The van der Waals surface area contributed by atoms with Gasteiger partial charge in [-0.2, -0.15) is 0 Å². The number of methoxy groups -OCH3 is 1. The molecule has 8 nitrogen and oxygen atoms in total. The van der Waals surface area contributed by atoms with Crippen LogP contribution in [0.4, 0.5) is 5.82 Å². The van der Waals surface area contributed by atoms with Crippen molar-refractivity contribution in [2.45, 2.75) is 18.9 Å². The molecule has 0 bridgehead atoms. The highest BCUT2D eigenvalue weighted by Gasteiger charge is 2.17. The molecule has 0 spiro atoms. The fourth-order valence-corrected chi connectivity index (χ4v) is 2.67.